The van der Waals surface area contributed by atoms with Crippen LogP contribution in [0.3, 0.4) is 0 Å². The second-order valence-electron chi connectivity index (χ2n) is 3.18. The first-order chi connectivity index (χ1) is 7.52. The molecule has 0 heterocycles. The number of benzene rings is 1. The van der Waals surface area contributed by atoms with Crippen molar-refractivity contribution in [2.45, 2.75) is 6.42 Å². The molecular weight excluding hydrogens is 208 g/mol. The number of aliphatic carboxylic acids is 1. The maximum atomic E-state index is 11.6. The molecule has 3 N–H and O–H groups in total. The van der Waals surface area contributed by atoms with E-state index in [0.29, 0.717) is 5.69 Å². The van der Waals surface area contributed by atoms with Gasteiger partial charge in [0.1, 0.15) is 0 Å². The number of hydrogen-bond donors (Lipinski definition) is 2. The van der Waals surface area contributed by atoms with E-state index in [-0.39, 0.29) is 5.57 Å². The topological polar surface area (TPSA) is 83.6 Å². The fraction of sp³-hybridized carbons (Fsp3) is 0.0909. The van der Waals surface area contributed by atoms with Crippen LogP contribution in [0.5, 0.6) is 0 Å². The summed E-state index contributed by atoms with van der Waals surface area (Å²) in [6.45, 7) is 3.39. The number of amides is 1. The lowest BCUT2D eigenvalue weighted by Gasteiger charge is -2.16. The lowest BCUT2D eigenvalue weighted by atomic mass is 10.2. The number of carboxylic acid groups (broad SMARTS) is 1. The monoisotopic (exact) mass is 220 g/mol. The van der Waals surface area contributed by atoms with E-state index in [4.69, 9.17) is 10.9 Å². The van der Waals surface area contributed by atoms with Gasteiger partial charge in [-0.05, 0) is 12.1 Å². The normalized spacial score (nSPS) is 9.56. The van der Waals surface area contributed by atoms with E-state index < -0.39 is 18.3 Å². The predicted molar refractivity (Wildman–Crippen MR) is 59.5 cm³/mol. The molecule has 0 bridgehead atoms. The highest BCUT2D eigenvalue weighted by molar-refractivity contribution is 6.06. The van der Waals surface area contributed by atoms with E-state index in [2.05, 4.69) is 6.58 Å². The Labute approximate surface area is 92.8 Å². The lowest BCUT2D eigenvalue weighted by Crippen LogP contribution is -2.38. The van der Waals surface area contributed by atoms with Crippen LogP contribution in [0.15, 0.2) is 42.5 Å². The number of hydrogen-bond acceptors (Lipinski definition) is 3. The van der Waals surface area contributed by atoms with Gasteiger partial charge in [-0.2, -0.15) is 0 Å². The minimum Gasteiger partial charge on any atom is -0.481 e. The molecule has 0 spiro atoms. The Bertz CT molecular complexity index is 414. The average Bonchev–Trinajstić information content (AvgIpc) is 2.27. The molecule has 84 valence electrons. The van der Waals surface area contributed by atoms with Gasteiger partial charge in [-0.15, -0.1) is 0 Å². The summed E-state index contributed by atoms with van der Waals surface area (Å²) in [5, 5.41) is 9.39. The van der Waals surface area contributed by atoms with E-state index in [9.17, 15) is 9.59 Å². The Morgan fingerprint density at radius 2 is 1.88 bits per heavy atom. The van der Waals surface area contributed by atoms with Crippen LogP contribution in [0.4, 0.5) is 5.69 Å². The SMILES string of the molecule is C=C(CC(=O)O)C(=O)N(N)c1ccccc1. The molecule has 16 heavy (non-hydrogen) atoms. The van der Waals surface area contributed by atoms with Crippen LogP contribution in [-0.4, -0.2) is 17.0 Å². The number of para-hydroxylation sites is 1. The highest BCUT2D eigenvalue weighted by Crippen LogP contribution is 2.12. The number of hydrazine groups is 1. The summed E-state index contributed by atoms with van der Waals surface area (Å²) >= 11 is 0. The summed E-state index contributed by atoms with van der Waals surface area (Å²) in [6, 6.07) is 8.52. The number of nitrogens with zero attached hydrogens (tertiary/aromatic N) is 1. The second-order valence-corrected chi connectivity index (χ2v) is 3.18. The van der Waals surface area contributed by atoms with Crippen molar-refractivity contribution in [3.8, 4) is 0 Å². The summed E-state index contributed by atoms with van der Waals surface area (Å²) in [6.07, 6.45) is -0.417. The summed E-state index contributed by atoms with van der Waals surface area (Å²) < 4.78 is 0. The summed E-state index contributed by atoms with van der Waals surface area (Å²) in [4.78, 5) is 22.0. The predicted octanol–water partition coefficient (Wildman–Crippen LogP) is 0.924. The highest BCUT2D eigenvalue weighted by atomic mass is 16.4. The minimum atomic E-state index is -1.11. The van der Waals surface area contributed by atoms with Crippen LogP contribution >= 0.6 is 0 Å². The zero-order valence-corrected chi connectivity index (χ0v) is 8.59. The van der Waals surface area contributed by atoms with Crippen molar-refractivity contribution in [3.63, 3.8) is 0 Å². The Balaban J connectivity index is 2.75. The minimum absolute atomic E-state index is 0.0566. The molecule has 0 saturated heterocycles. The van der Waals surface area contributed by atoms with Crippen LogP contribution in [-0.2, 0) is 9.59 Å². The van der Waals surface area contributed by atoms with Gasteiger partial charge < -0.3 is 5.11 Å². The van der Waals surface area contributed by atoms with Crippen LogP contribution in [0.1, 0.15) is 6.42 Å². The van der Waals surface area contributed by atoms with Gasteiger partial charge in [0.25, 0.3) is 5.91 Å². The van der Waals surface area contributed by atoms with Crippen molar-refractivity contribution < 1.29 is 14.7 Å². The molecule has 0 unspecified atom stereocenters. The van der Waals surface area contributed by atoms with Crippen molar-refractivity contribution >= 4 is 17.6 Å². The van der Waals surface area contributed by atoms with Gasteiger partial charge in [-0.1, -0.05) is 24.8 Å². The van der Waals surface area contributed by atoms with Crippen molar-refractivity contribution in [2.75, 3.05) is 5.01 Å². The molecule has 1 rings (SSSR count). The van der Waals surface area contributed by atoms with Gasteiger partial charge >= 0.3 is 5.97 Å². The first-order valence-corrected chi connectivity index (χ1v) is 4.56. The second kappa shape index (κ2) is 5.09. The molecule has 5 heteroatoms. The summed E-state index contributed by atoms with van der Waals surface area (Å²) in [7, 11) is 0. The Kier molecular flexibility index (Phi) is 3.79. The Morgan fingerprint density at radius 3 is 2.38 bits per heavy atom. The smallest absolute Gasteiger partial charge is 0.308 e. The Hall–Kier alpha value is -2.14. The van der Waals surface area contributed by atoms with Gasteiger partial charge in [0.05, 0.1) is 12.1 Å². The molecule has 0 aliphatic carbocycles. The van der Waals surface area contributed by atoms with Gasteiger partial charge in [-0.3, -0.25) is 9.59 Å². The number of carbonyl (C=O) groups is 2. The number of carbonyl (C=O) groups excluding carboxylic acids is 1. The van der Waals surface area contributed by atoms with Crippen LogP contribution in [0, 0.1) is 0 Å². The third kappa shape index (κ3) is 2.93. The molecule has 0 aliphatic rings. The molecular formula is C11H12N2O3. The molecule has 0 aromatic heterocycles. The van der Waals surface area contributed by atoms with Crippen LogP contribution in [0.2, 0.25) is 0 Å². The lowest BCUT2D eigenvalue weighted by molar-refractivity contribution is -0.136. The molecule has 0 aliphatic heterocycles. The fourth-order valence-corrected chi connectivity index (χ4v) is 1.13. The Morgan fingerprint density at radius 1 is 1.31 bits per heavy atom. The van der Waals surface area contributed by atoms with E-state index in [0.717, 1.165) is 5.01 Å². The number of carboxylic acids is 1. The van der Waals surface area contributed by atoms with Crippen LogP contribution < -0.4 is 10.9 Å². The first-order valence-electron chi connectivity index (χ1n) is 4.56. The molecule has 0 saturated carbocycles. The van der Waals surface area contributed by atoms with Gasteiger partial charge in [-0.25, -0.2) is 10.9 Å². The first kappa shape index (κ1) is 11.9. The molecule has 0 fully saturated rings. The van der Waals surface area contributed by atoms with E-state index in [1.54, 1.807) is 30.3 Å². The van der Waals surface area contributed by atoms with Crippen molar-refractivity contribution in [1.82, 2.24) is 0 Å². The van der Waals surface area contributed by atoms with Gasteiger partial charge in [0.2, 0.25) is 0 Å². The molecule has 1 aromatic carbocycles. The number of nitrogens with two attached hydrogens (primary N) is 1. The fourth-order valence-electron chi connectivity index (χ4n) is 1.13. The highest BCUT2D eigenvalue weighted by Gasteiger charge is 2.17. The van der Waals surface area contributed by atoms with Crippen molar-refractivity contribution in [1.29, 1.82) is 0 Å². The largest absolute Gasteiger partial charge is 0.481 e. The zero-order valence-electron chi connectivity index (χ0n) is 8.59. The molecule has 1 aromatic rings. The third-order valence-corrected chi connectivity index (χ3v) is 1.92. The van der Waals surface area contributed by atoms with E-state index in [1.807, 2.05) is 0 Å². The molecule has 5 nitrogen and oxygen atoms in total. The molecule has 0 atom stereocenters. The third-order valence-electron chi connectivity index (χ3n) is 1.92. The quantitative estimate of drug-likeness (QED) is 0.342. The summed E-state index contributed by atoms with van der Waals surface area (Å²) in [5.41, 5.74) is 0.429. The van der Waals surface area contributed by atoms with Crippen molar-refractivity contribution in [3.05, 3.63) is 42.5 Å². The van der Waals surface area contributed by atoms with Gasteiger partial charge in [0.15, 0.2) is 0 Å². The average molecular weight is 220 g/mol. The van der Waals surface area contributed by atoms with E-state index >= 15 is 0 Å². The molecule has 0 radical (unpaired) electrons. The van der Waals surface area contributed by atoms with Gasteiger partial charge in [0, 0.05) is 5.57 Å². The number of rotatable bonds is 4. The van der Waals surface area contributed by atoms with E-state index in [1.165, 1.54) is 0 Å². The number of anilines is 1. The summed E-state index contributed by atoms with van der Waals surface area (Å²) in [5.74, 6) is 3.83. The standard InChI is InChI=1S/C11H12N2O3/c1-8(7-10(14)15)11(16)13(12)9-5-3-2-4-6-9/h2-6H,1,7,12H2,(H,14,15). The maximum absolute atomic E-state index is 11.6. The maximum Gasteiger partial charge on any atom is 0.308 e. The molecule has 1 amide bonds. The van der Waals surface area contributed by atoms with Crippen molar-refractivity contribution in [2.24, 2.45) is 5.84 Å². The zero-order chi connectivity index (χ0) is 12.1. The van der Waals surface area contributed by atoms with Crippen LogP contribution in [0.25, 0.3) is 0 Å².